The van der Waals surface area contributed by atoms with Gasteiger partial charge in [0, 0.05) is 0 Å². The van der Waals surface area contributed by atoms with Gasteiger partial charge in [0.2, 0.25) is 5.91 Å². The van der Waals surface area contributed by atoms with Crippen LogP contribution in [0.3, 0.4) is 0 Å². The topological polar surface area (TPSA) is 66.4 Å². The molecule has 120 valence electrons. The normalized spacial score (nSPS) is 11.8. The number of amides is 1. The number of rotatable bonds is 5. The molecular weight excluding hydrogens is 311 g/mol. The van der Waals surface area contributed by atoms with Crippen LogP contribution in [-0.4, -0.2) is 17.0 Å². The Kier molecular flexibility index (Phi) is 5.00. The molecule has 1 atom stereocenters. The second-order valence-corrected chi connectivity index (χ2v) is 4.78. The Morgan fingerprint density at radius 1 is 1.00 bits per heavy atom. The van der Waals surface area contributed by atoms with Crippen LogP contribution >= 0.6 is 0 Å². The molecule has 0 bridgehead atoms. The van der Waals surface area contributed by atoms with E-state index in [2.05, 4.69) is 5.32 Å². The fraction of sp³-hybridized carbons (Fsp3) is 0.125. The number of halogens is 3. The minimum atomic E-state index is -1.57. The van der Waals surface area contributed by atoms with Gasteiger partial charge in [-0.25, -0.2) is 18.0 Å². The predicted molar refractivity (Wildman–Crippen MR) is 75.0 cm³/mol. The highest BCUT2D eigenvalue weighted by molar-refractivity contribution is 5.85. The van der Waals surface area contributed by atoms with Crippen LogP contribution in [-0.2, 0) is 16.0 Å². The summed E-state index contributed by atoms with van der Waals surface area (Å²) in [5, 5.41) is 11.3. The molecule has 4 nitrogen and oxygen atoms in total. The van der Waals surface area contributed by atoms with Crippen LogP contribution in [0.2, 0.25) is 0 Å². The largest absolute Gasteiger partial charge is 0.479 e. The third-order valence-electron chi connectivity index (χ3n) is 3.14. The molecular formula is C16H12F3NO3. The summed E-state index contributed by atoms with van der Waals surface area (Å²) >= 11 is 0. The van der Waals surface area contributed by atoms with E-state index in [4.69, 9.17) is 5.11 Å². The zero-order chi connectivity index (χ0) is 17.0. The van der Waals surface area contributed by atoms with E-state index >= 15 is 0 Å². The van der Waals surface area contributed by atoms with Crippen molar-refractivity contribution < 1.29 is 27.9 Å². The first kappa shape index (κ1) is 16.5. The summed E-state index contributed by atoms with van der Waals surface area (Å²) in [5.74, 6) is -5.15. The summed E-state index contributed by atoms with van der Waals surface area (Å²) in [6.07, 6.45) is -0.375. The second-order valence-electron chi connectivity index (χ2n) is 4.78. The van der Waals surface area contributed by atoms with Gasteiger partial charge in [0.25, 0.3) is 0 Å². The van der Waals surface area contributed by atoms with Crippen molar-refractivity contribution in [3.63, 3.8) is 0 Å². The first-order valence-corrected chi connectivity index (χ1v) is 6.59. The Bertz CT molecular complexity index is 749. The lowest BCUT2D eigenvalue weighted by Crippen LogP contribution is -2.35. The minimum Gasteiger partial charge on any atom is -0.479 e. The Labute approximate surface area is 129 Å². The van der Waals surface area contributed by atoms with Crippen molar-refractivity contribution in [1.82, 2.24) is 5.32 Å². The van der Waals surface area contributed by atoms with Crippen LogP contribution in [0.25, 0.3) is 0 Å². The molecule has 2 aromatic rings. The number of carbonyl (C=O) groups excluding carboxylic acids is 1. The number of carboxylic acid groups (broad SMARTS) is 1. The smallest absolute Gasteiger partial charge is 0.330 e. The van der Waals surface area contributed by atoms with Gasteiger partial charge in [0.05, 0.1) is 6.42 Å². The van der Waals surface area contributed by atoms with Gasteiger partial charge in [-0.1, -0.05) is 24.3 Å². The molecule has 0 unspecified atom stereocenters. The highest BCUT2D eigenvalue weighted by Gasteiger charge is 2.23. The summed E-state index contributed by atoms with van der Waals surface area (Å²) in [4.78, 5) is 23.1. The van der Waals surface area contributed by atoms with E-state index in [1.165, 1.54) is 24.3 Å². The first-order chi connectivity index (χ1) is 10.9. The SMILES string of the molecule is O=C(Cc1ccccc1F)N[C@@H](C(=O)O)c1ccc(F)c(F)c1. The Hall–Kier alpha value is -2.83. The molecule has 0 radical (unpaired) electrons. The molecule has 0 spiro atoms. The van der Waals surface area contributed by atoms with Crippen LogP contribution in [0.15, 0.2) is 42.5 Å². The highest BCUT2D eigenvalue weighted by atomic mass is 19.2. The van der Waals surface area contributed by atoms with Crippen molar-refractivity contribution in [3.8, 4) is 0 Å². The van der Waals surface area contributed by atoms with Gasteiger partial charge in [-0.15, -0.1) is 0 Å². The van der Waals surface area contributed by atoms with E-state index in [9.17, 15) is 22.8 Å². The molecule has 0 heterocycles. The zero-order valence-corrected chi connectivity index (χ0v) is 11.7. The van der Waals surface area contributed by atoms with Gasteiger partial charge in [-0.2, -0.15) is 0 Å². The number of nitrogens with one attached hydrogen (secondary N) is 1. The van der Waals surface area contributed by atoms with Gasteiger partial charge in [0.1, 0.15) is 5.82 Å². The van der Waals surface area contributed by atoms with Crippen LogP contribution in [0, 0.1) is 17.5 Å². The van der Waals surface area contributed by atoms with Gasteiger partial charge < -0.3 is 10.4 Å². The first-order valence-electron chi connectivity index (χ1n) is 6.59. The average Bonchev–Trinajstić information content (AvgIpc) is 2.50. The van der Waals surface area contributed by atoms with Crippen LogP contribution in [0.1, 0.15) is 17.2 Å². The summed E-state index contributed by atoms with van der Waals surface area (Å²) < 4.78 is 39.6. The molecule has 0 aliphatic heterocycles. The molecule has 2 N–H and O–H groups in total. The summed E-state index contributed by atoms with van der Waals surface area (Å²) in [6.45, 7) is 0. The Balaban J connectivity index is 2.16. The number of hydrogen-bond acceptors (Lipinski definition) is 2. The van der Waals surface area contributed by atoms with Gasteiger partial charge in [-0.3, -0.25) is 4.79 Å². The Morgan fingerprint density at radius 3 is 2.30 bits per heavy atom. The van der Waals surface area contributed by atoms with Crippen molar-refractivity contribution in [2.45, 2.75) is 12.5 Å². The summed E-state index contributed by atoms with van der Waals surface area (Å²) in [7, 11) is 0. The minimum absolute atomic E-state index is 0.0967. The Morgan fingerprint density at radius 2 is 1.70 bits per heavy atom. The van der Waals surface area contributed by atoms with E-state index in [1.807, 2.05) is 0 Å². The molecule has 23 heavy (non-hydrogen) atoms. The van der Waals surface area contributed by atoms with Gasteiger partial charge >= 0.3 is 5.97 Å². The monoisotopic (exact) mass is 323 g/mol. The van der Waals surface area contributed by atoms with E-state index in [1.54, 1.807) is 0 Å². The van der Waals surface area contributed by atoms with Crippen LogP contribution in [0.4, 0.5) is 13.2 Å². The lowest BCUT2D eigenvalue weighted by molar-refractivity contribution is -0.142. The van der Waals surface area contributed by atoms with E-state index in [0.29, 0.717) is 6.07 Å². The zero-order valence-electron chi connectivity index (χ0n) is 11.7. The van der Waals surface area contributed by atoms with Crippen molar-refractivity contribution in [2.24, 2.45) is 0 Å². The molecule has 0 fully saturated rings. The maximum atomic E-state index is 13.5. The summed E-state index contributed by atoms with van der Waals surface area (Å²) in [5.41, 5.74) is -0.0299. The van der Waals surface area contributed by atoms with Crippen molar-refractivity contribution in [2.75, 3.05) is 0 Å². The van der Waals surface area contributed by atoms with E-state index in [-0.39, 0.29) is 17.5 Å². The average molecular weight is 323 g/mol. The third kappa shape index (κ3) is 4.09. The third-order valence-corrected chi connectivity index (χ3v) is 3.14. The number of hydrogen-bond donors (Lipinski definition) is 2. The lowest BCUT2D eigenvalue weighted by Gasteiger charge is -2.15. The van der Waals surface area contributed by atoms with Crippen LogP contribution < -0.4 is 5.32 Å². The number of aliphatic carboxylic acids is 1. The van der Waals surface area contributed by atoms with Gasteiger partial charge in [0.15, 0.2) is 17.7 Å². The predicted octanol–water partition coefficient (Wildman–Crippen LogP) is 2.59. The van der Waals surface area contributed by atoms with E-state index < -0.39 is 35.4 Å². The highest BCUT2D eigenvalue weighted by Crippen LogP contribution is 2.17. The molecule has 2 rings (SSSR count). The van der Waals surface area contributed by atoms with E-state index in [0.717, 1.165) is 12.1 Å². The fourth-order valence-corrected chi connectivity index (χ4v) is 2.01. The molecule has 7 heteroatoms. The molecule has 0 aliphatic carbocycles. The number of carboxylic acids is 1. The second kappa shape index (κ2) is 6.95. The quantitative estimate of drug-likeness (QED) is 0.889. The molecule has 0 aromatic heterocycles. The lowest BCUT2D eigenvalue weighted by atomic mass is 10.1. The van der Waals surface area contributed by atoms with Gasteiger partial charge in [-0.05, 0) is 29.3 Å². The maximum Gasteiger partial charge on any atom is 0.330 e. The van der Waals surface area contributed by atoms with Crippen LogP contribution in [0.5, 0.6) is 0 Å². The van der Waals surface area contributed by atoms with Crippen molar-refractivity contribution >= 4 is 11.9 Å². The fourth-order valence-electron chi connectivity index (χ4n) is 2.01. The van der Waals surface area contributed by atoms with Crippen molar-refractivity contribution in [1.29, 1.82) is 0 Å². The molecule has 0 aliphatic rings. The molecule has 0 saturated carbocycles. The van der Waals surface area contributed by atoms with Crippen molar-refractivity contribution in [3.05, 3.63) is 71.0 Å². The molecule has 0 saturated heterocycles. The standard InChI is InChI=1S/C16H12F3NO3/c17-11-4-2-1-3-9(11)8-14(21)20-15(16(22)23)10-5-6-12(18)13(19)7-10/h1-7,15H,8H2,(H,20,21)(H,22,23)/t15-/m1/s1. The maximum absolute atomic E-state index is 13.5. The summed E-state index contributed by atoms with van der Waals surface area (Å²) in [6, 6.07) is 6.51. The molecule has 2 aromatic carbocycles. The molecule has 1 amide bonds. The number of benzene rings is 2. The number of carbonyl (C=O) groups is 2.